The van der Waals surface area contributed by atoms with Gasteiger partial charge >= 0.3 is 744 Å². The molecule has 0 fully saturated rings. The second-order valence-electron chi connectivity index (χ2n) is 49.6. The summed E-state index contributed by atoms with van der Waals surface area (Å²) in [6.45, 7) is 96.8. The molecule has 0 bridgehead atoms. The average Bonchev–Trinajstić information content (AvgIpc) is 0.998. The molecule has 0 spiro atoms. The van der Waals surface area contributed by atoms with E-state index in [0.717, 1.165) is 38.5 Å². The Hall–Kier alpha value is -5.74. The minimum Gasteiger partial charge on any atom is -1.00 e. The Labute approximate surface area is 775 Å². The van der Waals surface area contributed by atoms with Gasteiger partial charge in [0.05, 0.1) is 0 Å². The van der Waals surface area contributed by atoms with Crippen LogP contribution in [-0.2, 0) is 122 Å². The third-order valence-electron chi connectivity index (χ3n) is 26.2. The van der Waals surface area contributed by atoms with Crippen LogP contribution in [0.15, 0.2) is 184 Å². The van der Waals surface area contributed by atoms with Crippen molar-refractivity contribution in [1.82, 2.24) is 0 Å². The van der Waals surface area contributed by atoms with Crippen molar-refractivity contribution in [2.75, 3.05) is 0 Å². The Balaban J connectivity index is 0.00000683. The molecule has 0 heterocycles. The number of benzene rings is 9. The molecule has 122 heavy (non-hydrogen) atoms. The average molecular weight is 1750 g/mol. The van der Waals surface area contributed by atoms with E-state index in [1.807, 2.05) is 0 Å². The van der Waals surface area contributed by atoms with Gasteiger partial charge < -0.3 is 37.2 Å². The first kappa shape index (κ1) is 103. The molecule has 10 rings (SSSR count). The van der Waals surface area contributed by atoms with Gasteiger partial charge in [0.25, 0.3) is 0 Å². The molecule has 0 aromatic heterocycles. The fraction of sp³-hybridized carbons (Fsp3) is 0.504. The first-order chi connectivity index (χ1) is 54.0. The third-order valence-corrected chi connectivity index (χ3v) is 38.7. The minimum atomic E-state index is -3.47. The van der Waals surface area contributed by atoms with E-state index in [-0.39, 0.29) is 102 Å². The van der Waals surface area contributed by atoms with Crippen molar-refractivity contribution in [3.05, 3.63) is 318 Å². The van der Waals surface area contributed by atoms with E-state index in [4.69, 9.17) is 0 Å². The summed E-state index contributed by atoms with van der Waals surface area (Å²) in [5.41, 5.74) is 37.6. The monoisotopic (exact) mass is 1750 g/mol. The Kier molecular flexibility index (Phi) is 31.2. The minimum absolute atomic E-state index is 0. The van der Waals surface area contributed by atoms with E-state index in [9.17, 15) is 0 Å². The molecule has 0 amide bonds. The van der Waals surface area contributed by atoms with Crippen molar-refractivity contribution in [2.45, 2.75) is 380 Å². The summed E-state index contributed by atoms with van der Waals surface area (Å²) in [4.78, 5) is 0. The molecule has 1 aliphatic carbocycles. The predicted octanol–water partition coefficient (Wildman–Crippen LogP) is 21.1. The van der Waals surface area contributed by atoms with Crippen LogP contribution in [-0.4, -0.2) is 5.94 Å². The molecular formula is C117H160Cl3SiTi-5. The first-order valence-electron chi connectivity index (χ1n) is 45.5. The molecule has 1 atom stereocenters. The second kappa shape index (κ2) is 36.8. The smallest absolute Gasteiger partial charge is 1.00 e. The van der Waals surface area contributed by atoms with E-state index >= 15 is 0 Å². The molecule has 662 valence electrons. The van der Waals surface area contributed by atoms with Crippen LogP contribution < -0.4 is 52.8 Å². The van der Waals surface area contributed by atoms with Crippen LogP contribution in [0.1, 0.15) is 410 Å². The summed E-state index contributed by atoms with van der Waals surface area (Å²) in [5.74, 6) is -3.17. The molecule has 9 aromatic carbocycles. The van der Waals surface area contributed by atoms with Crippen LogP contribution in [0.3, 0.4) is 0 Å². The summed E-state index contributed by atoms with van der Waals surface area (Å²) in [6, 6.07) is 71.3. The zero-order valence-electron chi connectivity index (χ0n) is 84.0. The number of halogens is 3. The van der Waals surface area contributed by atoms with Crippen molar-refractivity contribution in [3.63, 3.8) is 0 Å². The molecular weight excluding hydrogens is 1590 g/mol. The molecule has 0 nitrogen and oxygen atoms in total. The quantitative estimate of drug-likeness (QED) is 0.0630. The maximum absolute atomic E-state index is 3.47. The molecule has 0 radical (unpaired) electrons. The molecule has 0 N–H and O–H groups in total. The topological polar surface area (TPSA) is 0 Å². The normalized spacial score (nSPS) is 14.6. The van der Waals surface area contributed by atoms with Crippen molar-refractivity contribution >= 4 is 21.5 Å². The maximum atomic E-state index is 2.85. The summed E-state index contributed by atoms with van der Waals surface area (Å²) in [6.07, 6.45) is 4.93. The van der Waals surface area contributed by atoms with E-state index < -0.39 is 24.3 Å². The molecule has 9 aromatic rings. The van der Waals surface area contributed by atoms with Gasteiger partial charge in [0.15, 0.2) is 0 Å². The largest absolute Gasteiger partial charge is 1.00 e. The van der Waals surface area contributed by atoms with Gasteiger partial charge in [0.1, 0.15) is 0 Å². The fourth-order valence-corrected chi connectivity index (χ4v) is 30.5. The van der Waals surface area contributed by atoms with Gasteiger partial charge in [-0.3, -0.25) is 0 Å². The van der Waals surface area contributed by atoms with Crippen LogP contribution >= 0.6 is 0 Å². The van der Waals surface area contributed by atoms with Gasteiger partial charge in [-0.1, -0.05) is 0 Å². The summed E-state index contributed by atoms with van der Waals surface area (Å²) >= 11 is -1.17. The Morgan fingerprint density at radius 2 is 0.328 bits per heavy atom. The van der Waals surface area contributed by atoms with Crippen molar-refractivity contribution < 1.29 is 55.6 Å². The van der Waals surface area contributed by atoms with Gasteiger partial charge in [0.2, 0.25) is 0 Å². The number of rotatable bonds is 17. The van der Waals surface area contributed by atoms with Gasteiger partial charge in [-0.25, -0.2) is 0 Å². The van der Waals surface area contributed by atoms with E-state index in [2.05, 4.69) is 441 Å². The SMILES string of the molecule is CC1=C(C)C(C)[C]([Ti-2][Si](c2cc(Cc3cc(C(C)(C)C)cc(C(C)(C)C)c3)cc(Cc3cc(C(C)(C)C)cc(C(C)(C)C)c3)c2)(c2cc(Cc3cc(C(C)(C)C)cc(C(C)(C)C)c3)cc(Cc3cc(C(C)(C)C)cc(C(C)(C)C)c3)c2)c2cc(Cc3cc(C(C)(C)C)cc(C(C)(C)C)c3)cc(Cc3cc(C(C)(C)C)cc(C(C)(C)C)c3)c2)=C1C.[Cl-].[Cl-].[Cl-]. The van der Waals surface area contributed by atoms with Crippen molar-refractivity contribution in [3.8, 4) is 0 Å². The summed E-state index contributed by atoms with van der Waals surface area (Å²) < 4.78 is 1.72. The number of allylic oxidation sites excluding steroid dienone is 4. The van der Waals surface area contributed by atoms with E-state index in [0.29, 0.717) is 5.92 Å². The second-order valence-corrected chi connectivity index (χ2v) is 58.6. The van der Waals surface area contributed by atoms with Crippen LogP contribution in [0.2, 0.25) is 0 Å². The zero-order valence-corrected chi connectivity index (χ0v) is 88.9. The Morgan fingerprint density at radius 3 is 0.443 bits per heavy atom. The van der Waals surface area contributed by atoms with Crippen LogP contribution in [0.4, 0.5) is 0 Å². The van der Waals surface area contributed by atoms with E-state index in [1.165, 1.54) is 150 Å². The van der Waals surface area contributed by atoms with Gasteiger partial charge in [-0.15, -0.1) is 0 Å². The molecule has 0 saturated carbocycles. The maximum Gasteiger partial charge on any atom is -1.00 e. The molecule has 1 unspecified atom stereocenters. The predicted molar refractivity (Wildman–Crippen MR) is 524 cm³/mol. The molecule has 0 aliphatic heterocycles. The summed E-state index contributed by atoms with van der Waals surface area (Å²) in [5, 5.41) is 4.67. The van der Waals surface area contributed by atoms with Gasteiger partial charge in [0, 0.05) is 0 Å². The molecule has 1 aliphatic rings. The molecule has 5 heteroatoms. The van der Waals surface area contributed by atoms with Crippen LogP contribution in [0.5, 0.6) is 0 Å². The van der Waals surface area contributed by atoms with Gasteiger partial charge in [-0.05, 0) is 0 Å². The fourth-order valence-electron chi connectivity index (χ4n) is 17.4. The van der Waals surface area contributed by atoms with Crippen molar-refractivity contribution in [2.24, 2.45) is 5.92 Å². The Bertz CT molecular complexity index is 4350. The zero-order chi connectivity index (χ0) is 89.0. The standard InChI is InChI=1S/C108H147Si.C9H13.3ClH.Ti/c1-97(2,3)82-46-76(47-83(64-82)98(4,5)6)40-70-37-71(41-77-48-84(99(7,8)9)65-85(49-77)100(10,11)12)59-94(58-70)109(95-60-72(42-78-50-86(101(13,14)15)66-87(51-78)102(16,17)18)38-73(61-95)43-79-52-88(103(19,20)21)67-89(53-79)104(22,23)24)96-62-74(44-80-54-90(105(25,26)27)68-91(55-80)106(28,29)30)39-75(63-96)45-81-56-92(107(31,32)33)69-93(57-81)108(34,35)36;1-6-5-7(2)9(4)8(6)3;;;;/h37-39,46-69H,40-45H2,1-36H3;6H,1-4H3;3*1H;/q;;;;;-2/p-3. The van der Waals surface area contributed by atoms with Crippen molar-refractivity contribution in [1.29, 1.82) is 0 Å². The molecule has 0 saturated heterocycles. The first-order valence-corrected chi connectivity index (χ1v) is 50.6. The third kappa shape index (κ3) is 25.2. The Morgan fingerprint density at radius 1 is 0.197 bits per heavy atom. The van der Waals surface area contributed by atoms with Gasteiger partial charge in [-0.2, -0.15) is 0 Å². The summed E-state index contributed by atoms with van der Waals surface area (Å²) in [7, 11) is 0. The van der Waals surface area contributed by atoms with Crippen LogP contribution in [0.25, 0.3) is 0 Å². The van der Waals surface area contributed by atoms with E-state index in [1.54, 1.807) is 19.4 Å². The number of hydrogen-bond acceptors (Lipinski definition) is 0. The van der Waals surface area contributed by atoms with Crippen LogP contribution in [0, 0.1) is 5.92 Å². The number of hydrogen-bond donors (Lipinski definition) is 0.